The number of rotatable bonds is 5. The fourth-order valence-electron chi connectivity index (χ4n) is 2.12. The number of hydrogen-bond acceptors (Lipinski definition) is 5. The Morgan fingerprint density at radius 1 is 1.33 bits per heavy atom. The van der Waals surface area contributed by atoms with Gasteiger partial charge in [0.1, 0.15) is 17.5 Å². The smallest absolute Gasteiger partial charge is 0.135 e. The van der Waals surface area contributed by atoms with Gasteiger partial charge in [0.2, 0.25) is 0 Å². The van der Waals surface area contributed by atoms with E-state index in [0.717, 1.165) is 55.5 Å². The Morgan fingerprint density at radius 2 is 2.11 bits per heavy atom. The Hall–Kier alpha value is -1.36. The predicted octanol–water partition coefficient (Wildman–Crippen LogP) is 1.98. The minimum absolute atomic E-state index is 0.373. The third-order valence-electron chi connectivity index (χ3n) is 3.17. The minimum atomic E-state index is 0.373. The van der Waals surface area contributed by atoms with Crippen LogP contribution >= 0.6 is 0 Å². The summed E-state index contributed by atoms with van der Waals surface area (Å²) < 4.78 is 5.38. The Morgan fingerprint density at radius 3 is 2.72 bits per heavy atom. The van der Waals surface area contributed by atoms with Gasteiger partial charge in [0.25, 0.3) is 0 Å². The van der Waals surface area contributed by atoms with Crippen molar-refractivity contribution in [3.8, 4) is 0 Å². The Bertz CT molecular complexity index is 402. The maximum Gasteiger partial charge on any atom is 0.135 e. The fraction of sp³-hybridized carbons (Fsp3) is 0.692. The first-order valence-electron chi connectivity index (χ1n) is 6.64. The highest BCUT2D eigenvalue weighted by atomic mass is 16.5. The third-order valence-corrected chi connectivity index (χ3v) is 3.17. The van der Waals surface area contributed by atoms with Crippen LogP contribution in [0.2, 0.25) is 0 Å². The van der Waals surface area contributed by atoms with Crippen LogP contribution < -0.4 is 10.6 Å². The van der Waals surface area contributed by atoms with Crippen LogP contribution in [-0.2, 0) is 11.2 Å². The maximum absolute atomic E-state index is 5.38. The molecule has 0 radical (unpaired) electrons. The largest absolute Gasteiger partial charge is 0.379 e. The molecule has 0 amide bonds. The van der Waals surface area contributed by atoms with E-state index in [1.807, 2.05) is 14.0 Å². The molecule has 1 aromatic heterocycles. The summed E-state index contributed by atoms with van der Waals surface area (Å²) in [5.74, 6) is 2.75. The molecule has 5 nitrogen and oxygen atoms in total. The van der Waals surface area contributed by atoms with Gasteiger partial charge in [-0.15, -0.1) is 0 Å². The van der Waals surface area contributed by atoms with Crippen molar-refractivity contribution in [2.75, 3.05) is 30.9 Å². The van der Waals surface area contributed by atoms with E-state index in [-0.39, 0.29) is 0 Å². The molecule has 1 unspecified atom stereocenters. The van der Waals surface area contributed by atoms with Gasteiger partial charge in [-0.3, -0.25) is 0 Å². The van der Waals surface area contributed by atoms with Crippen molar-refractivity contribution in [3.63, 3.8) is 0 Å². The molecule has 2 rings (SSSR count). The zero-order valence-electron chi connectivity index (χ0n) is 11.4. The Balaban J connectivity index is 2.22. The lowest BCUT2D eigenvalue weighted by atomic mass is 10.2. The Labute approximate surface area is 108 Å². The summed E-state index contributed by atoms with van der Waals surface area (Å²) >= 11 is 0. The van der Waals surface area contributed by atoms with Crippen molar-refractivity contribution in [3.05, 3.63) is 11.4 Å². The van der Waals surface area contributed by atoms with Crippen LogP contribution in [0.15, 0.2) is 0 Å². The first kappa shape index (κ1) is 13.1. The summed E-state index contributed by atoms with van der Waals surface area (Å²) in [4.78, 5) is 9.14. The molecule has 0 spiro atoms. The quantitative estimate of drug-likeness (QED) is 0.837. The summed E-state index contributed by atoms with van der Waals surface area (Å²) in [7, 11) is 1.90. The van der Waals surface area contributed by atoms with E-state index in [9.17, 15) is 0 Å². The van der Waals surface area contributed by atoms with Crippen molar-refractivity contribution in [2.45, 2.75) is 39.2 Å². The van der Waals surface area contributed by atoms with Crippen molar-refractivity contribution in [2.24, 2.45) is 0 Å². The monoisotopic (exact) mass is 250 g/mol. The lowest BCUT2D eigenvalue weighted by molar-refractivity contribution is 0.195. The second kappa shape index (κ2) is 6.00. The van der Waals surface area contributed by atoms with Gasteiger partial charge >= 0.3 is 0 Å². The average molecular weight is 250 g/mol. The number of nitrogens with zero attached hydrogens (tertiary/aromatic N) is 2. The molecule has 0 saturated carbocycles. The van der Waals surface area contributed by atoms with Crippen molar-refractivity contribution in [1.29, 1.82) is 0 Å². The molecule has 1 aliphatic heterocycles. The first-order valence-corrected chi connectivity index (χ1v) is 6.64. The highest BCUT2D eigenvalue weighted by Crippen LogP contribution is 2.22. The van der Waals surface area contributed by atoms with Crippen LogP contribution in [-0.4, -0.2) is 36.3 Å². The summed E-state index contributed by atoms with van der Waals surface area (Å²) in [6.45, 7) is 5.78. The van der Waals surface area contributed by atoms with Gasteiger partial charge in [-0.25, -0.2) is 9.97 Å². The van der Waals surface area contributed by atoms with Crippen molar-refractivity contribution < 1.29 is 4.74 Å². The van der Waals surface area contributed by atoms with E-state index >= 15 is 0 Å². The maximum atomic E-state index is 5.38. The minimum Gasteiger partial charge on any atom is -0.379 e. The van der Waals surface area contributed by atoms with Crippen molar-refractivity contribution in [1.82, 2.24) is 9.97 Å². The summed E-state index contributed by atoms with van der Waals surface area (Å²) in [6, 6.07) is 0.373. The van der Waals surface area contributed by atoms with Gasteiger partial charge in [-0.1, -0.05) is 6.92 Å². The first-order chi connectivity index (χ1) is 8.74. The molecule has 1 saturated heterocycles. The lowest BCUT2D eigenvalue weighted by Gasteiger charge is -2.16. The van der Waals surface area contributed by atoms with E-state index in [1.165, 1.54) is 0 Å². The topological polar surface area (TPSA) is 59.1 Å². The molecule has 1 atom stereocenters. The Kier molecular flexibility index (Phi) is 4.36. The fourth-order valence-corrected chi connectivity index (χ4v) is 2.12. The van der Waals surface area contributed by atoms with Gasteiger partial charge in [0.15, 0.2) is 0 Å². The van der Waals surface area contributed by atoms with E-state index in [4.69, 9.17) is 4.74 Å². The van der Waals surface area contributed by atoms with E-state index in [1.54, 1.807) is 0 Å². The SMILES string of the molecule is CCCc1nc(NC)c(C)c(NC2CCOC2)n1. The second-order valence-electron chi connectivity index (χ2n) is 4.67. The second-order valence-corrected chi connectivity index (χ2v) is 4.67. The number of nitrogens with one attached hydrogen (secondary N) is 2. The van der Waals surface area contributed by atoms with Crippen LogP contribution in [0.5, 0.6) is 0 Å². The van der Waals surface area contributed by atoms with E-state index in [0.29, 0.717) is 6.04 Å². The molecule has 1 aliphatic rings. The van der Waals surface area contributed by atoms with Crippen LogP contribution in [0.3, 0.4) is 0 Å². The molecule has 18 heavy (non-hydrogen) atoms. The van der Waals surface area contributed by atoms with Gasteiger partial charge in [0.05, 0.1) is 12.6 Å². The average Bonchev–Trinajstić information content (AvgIpc) is 2.86. The van der Waals surface area contributed by atoms with E-state index < -0.39 is 0 Å². The zero-order chi connectivity index (χ0) is 13.0. The zero-order valence-corrected chi connectivity index (χ0v) is 11.4. The van der Waals surface area contributed by atoms with Crippen LogP contribution in [0, 0.1) is 6.92 Å². The van der Waals surface area contributed by atoms with Gasteiger partial charge < -0.3 is 15.4 Å². The lowest BCUT2D eigenvalue weighted by Crippen LogP contribution is -2.21. The standard InChI is InChI=1S/C13H22N4O/c1-4-5-11-16-12(14-3)9(2)13(17-11)15-10-6-7-18-8-10/h10H,4-8H2,1-3H3,(H2,14,15,16,17). The summed E-state index contributed by atoms with van der Waals surface area (Å²) in [5.41, 5.74) is 1.07. The molecular formula is C13H22N4O. The molecule has 2 N–H and O–H groups in total. The molecule has 0 aliphatic carbocycles. The number of anilines is 2. The van der Waals surface area contributed by atoms with Crippen LogP contribution in [0.1, 0.15) is 31.2 Å². The van der Waals surface area contributed by atoms with Crippen LogP contribution in [0.4, 0.5) is 11.6 Å². The van der Waals surface area contributed by atoms with E-state index in [2.05, 4.69) is 27.5 Å². The summed E-state index contributed by atoms with van der Waals surface area (Å²) in [5, 5.41) is 6.60. The molecule has 2 heterocycles. The molecule has 100 valence electrons. The molecular weight excluding hydrogens is 228 g/mol. The van der Waals surface area contributed by atoms with Crippen molar-refractivity contribution >= 4 is 11.6 Å². The highest BCUT2D eigenvalue weighted by molar-refractivity contribution is 5.57. The molecule has 1 fully saturated rings. The third kappa shape index (κ3) is 2.90. The number of aryl methyl sites for hydroxylation is 1. The predicted molar refractivity (Wildman–Crippen MR) is 73.2 cm³/mol. The highest BCUT2D eigenvalue weighted by Gasteiger charge is 2.18. The van der Waals surface area contributed by atoms with Gasteiger partial charge in [-0.05, 0) is 19.8 Å². The van der Waals surface area contributed by atoms with Gasteiger partial charge in [0, 0.05) is 25.6 Å². The van der Waals surface area contributed by atoms with Crippen LogP contribution in [0.25, 0.3) is 0 Å². The summed E-state index contributed by atoms with van der Waals surface area (Å²) in [6.07, 6.45) is 3.00. The molecule has 0 aromatic carbocycles. The number of ether oxygens (including phenoxy) is 1. The molecule has 0 bridgehead atoms. The number of aromatic nitrogens is 2. The normalized spacial score (nSPS) is 18.9. The number of hydrogen-bond donors (Lipinski definition) is 2. The molecule has 1 aromatic rings. The molecule has 5 heteroatoms. The van der Waals surface area contributed by atoms with Gasteiger partial charge in [-0.2, -0.15) is 0 Å².